The lowest BCUT2D eigenvalue weighted by Crippen LogP contribution is -2.61. The average Bonchev–Trinajstić information content (AvgIpc) is 2.68. The van der Waals surface area contributed by atoms with Crippen LogP contribution >= 0.6 is 11.6 Å². The number of anilines is 1. The number of nitrogens with zero attached hydrogens (tertiary/aromatic N) is 4. The van der Waals surface area contributed by atoms with Gasteiger partial charge in [-0.3, -0.25) is 9.88 Å². The Balaban J connectivity index is 1.32. The van der Waals surface area contributed by atoms with Crippen molar-refractivity contribution in [2.24, 2.45) is 5.92 Å². The van der Waals surface area contributed by atoms with Crippen LogP contribution in [0.5, 0.6) is 0 Å². The van der Waals surface area contributed by atoms with Crippen molar-refractivity contribution >= 4 is 28.2 Å². The van der Waals surface area contributed by atoms with E-state index >= 15 is 0 Å². The highest BCUT2D eigenvalue weighted by Gasteiger charge is 2.38. The Morgan fingerprint density at radius 3 is 2.48 bits per heavy atom. The fraction of sp³-hybridized carbons (Fsp3) is 0.550. The molecule has 0 saturated carbocycles. The van der Waals surface area contributed by atoms with Crippen LogP contribution in [0, 0.1) is 5.92 Å². The van der Waals surface area contributed by atoms with E-state index in [1.165, 1.54) is 56.6 Å². The van der Waals surface area contributed by atoms with E-state index in [4.69, 9.17) is 11.6 Å². The maximum absolute atomic E-state index is 6.13. The summed E-state index contributed by atoms with van der Waals surface area (Å²) in [6.45, 7) is 8.50. The summed E-state index contributed by atoms with van der Waals surface area (Å²) in [5.74, 6) is 0.931. The molecule has 1 aromatic heterocycles. The number of fused-ring (bicyclic) bond motifs is 4. The number of aromatic nitrogens is 1. The fourth-order valence-electron chi connectivity index (χ4n) is 5.02. The zero-order valence-electron chi connectivity index (χ0n) is 14.6. The third kappa shape index (κ3) is 2.90. The van der Waals surface area contributed by atoms with E-state index in [-0.39, 0.29) is 0 Å². The Hall–Kier alpha value is -1.36. The molecule has 0 radical (unpaired) electrons. The molecule has 2 bridgehead atoms. The Morgan fingerprint density at radius 2 is 1.76 bits per heavy atom. The lowest BCUT2D eigenvalue weighted by atomic mass is 9.83. The molecule has 0 amide bonds. The number of benzene rings is 1. The van der Waals surface area contributed by atoms with Crippen molar-refractivity contribution in [3.63, 3.8) is 0 Å². The quantitative estimate of drug-likeness (QED) is 0.824. The number of rotatable bonds is 2. The van der Waals surface area contributed by atoms with Crippen LogP contribution in [0.1, 0.15) is 12.8 Å². The standard InChI is InChI=1S/C20H25ClN4/c21-16-1-2-17-18(13-16)22-6-3-19(17)24-9-11-25(12-10-24)20-14-23-7-4-15(20)5-8-23/h1-3,6,13,15,20H,4-5,7-12,14H2. The van der Waals surface area contributed by atoms with Gasteiger partial charge in [0.1, 0.15) is 0 Å². The van der Waals surface area contributed by atoms with Gasteiger partial charge < -0.3 is 9.80 Å². The largest absolute Gasteiger partial charge is 0.368 e. The highest BCUT2D eigenvalue weighted by Crippen LogP contribution is 2.33. The van der Waals surface area contributed by atoms with Gasteiger partial charge in [0, 0.05) is 61.1 Å². The SMILES string of the molecule is Clc1ccc2c(N3CCN(C4CN5CCC4CC5)CC3)ccnc2c1. The molecule has 1 aromatic carbocycles. The lowest BCUT2D eigenvalue weighted by molar-refractivity contribution is 0.00313. The molecule has 0 spiro atoms. The molecule has 6 rings (SSSR count). The molecular formula is C20H25ClN4. The minimum Gasteiger partial charge on any atom is -0.368 e. The Kier molecular flexibility index (Phi) is 4.07. The first-order valence-corrected chi connectivity index (χ1v) is 9.91. The molecule has 2 aromatic rings. The van der Waals surface area contributed by atoms with E-state index in [0.29, 0.717) is 0 Å². The second-order valence-corrected chi connectivity index (χ2v) is 8.16. The van der Waals surface area contributed by atoms with Crippen LogP contribution in [-0.4, -0.2) is 66.6 Å². The smallest absolute Gasteiger partial charge is 0.0737 e. The molecule has 0 aliphatic carbocycles. The topological polar surface area (TPSA) is 22.6 Å². The van der Waals surface area contributed by atoms with Gasteiger partial charge in [0.05, 0.1) is 5.52 Å². The van der Waals surface area contributed by atoms with Crippen LogP contribution in [-0.2, 0) is 0 Å². The van der Waals surface area contributed by atoms with Crippen LogP contribution in [0.3, 0.4) is 0 Å². The summed E-state index contributed by atoms with van der Waals surface area (Å²) in [6, 6.07) is 8.99. The summed E-state index contributed by atoms with van der Waals surface area (Å²) >= 11 is 6.13. The molecule has 5 heteroatoms. The van der Waals surface area contributed by atoms with E-state index in [9.17, 15) is 0 Å². The molecule has 132 valence electrons. The predicted octanol–water partition coefficient (Wildman–Crippen LogP) is 3.10. The van der Waals surface area contributed by atoms with Gasteiger partial charge in [0.25, 0.3) is 0 Å². The van der Waals surface area contributed by atoms with E-state index < -0.39 is 0 Å². The summed E-state index contributed by atoms with van der Waals surface area (Å²) in [5, 5.41) is 1.97. The zero-order chi connectivity index (χ0) is 16.8. The lowest BCUT2D eigenvalue weighted by Gasteiger charge is -2.51. The number of hydrogen-bond acceptors (Lipinski definition) is 4. The molecule has 4 nitrogen and oxygen atoms in total. The van der Waals surface area contributed by atoms with Crippen molar-refractivity contribution in [2.45, 2.75) is 18.9 Å². The molecule has 4 fully saturated rings. The van der Waals surface area contributed by atoms with Gasteiger partial charge >= 0.3 is 0 Å². The van der Waals surface area contributed by atoms with Crippen molar-refractivity contribution in [1.82, 2.24) is 14.8 Å². The molecule has 1 atom stereocenters. The van der Waals surface area contributed by atoms with Crippen molar-refractivity contribution in [2.75, 3.05) is 50.7 Å². The normalized spacial score (nSPS) is 30.1. The van der Waals surface area contributed by atoms with Crippen molar-refractivity contribution in [3.8, 4) is 0 Å². The zero-order valence-corrected chi connectivity index (χ0v) is 15.3. The van der Waals surface area contributed by atoms with Crippen LogP contribution < -0.4 is 4.90 Å². The fourth-order valence-corrected chi connectivity index (χ4v) is 5.19. The highest BCUT2D eigenvalue weighted by atomic mass is 35.5. The first kappa shape index (κ1) is 15.9. The summed E-state index contributed by atoms with van der Waals surface area (Å²) in [5.41, 5.74) is 2.29. The minimum absolute atomic E-state index is 0.754. The number of halogens is 1. The third-order valence-corrected chi connectivity index (χ3v) is 6.66. The Morgan fingerprint density at radius 1 is 0.960 bits per heavy atom. The van der Waals surface area contributed by atoms with E-state index in [1.54, 1.807) is 0 Å². The second kappa shape index (κ2) is 6.42. The van der Waals surface area contributed by atoms with E-state index in [0.717, 1.165) is 35.6 Å². The maximum atomic E-state index is 6.13. The Labute approximate surface area is 154 Å². The van der Waals surface area contributed by atoms with Crippen LogP contribution in [0.2, 0.25) is 5.02 Å². The van der Waals surface area contributed by atoms with Crippen molar-refractivity contribution in [3.05, 3.63) is 35.5 Å². The van der Waals surface area contributed by atoms with Crippen molar-refractivity contribution < 1.29 is 0 Å². The monoisotopic (exact) mass is 356 g/mol. The first-order valence-electron chi connectivity index (χ1n) is 9.53. The van der Waals surface area contributed by atoms with Gasteiger partial charge in [-0.05, 0) is 56.1 Å². The maximum Gasteiger partial charge on any atom is 0.0737 e. The Bertz CT molecular complexity index is 763. The van der Waals surface area contributed by atoms with Gasteiger partial charge in [0.15, 0.2) is 0 Å². The molecule has 4 aliphatic rings. The molecule has 1 unspecified atom stereocenters. The number of hydrogen-bond donors (Lipinski definition) is 0. The highest BCUT2D eigenvalue weighted by molar-refractivity contribution is 6.31. The van der Waals surface area contributed by atoms with Gasteiger partial charge in [0.2, 0.25) is 0 Å². The molecule has 4 aliphatic heterocycles. The summed E-state index contributed by atoms with van der Waals surface area (Å²) in [6.07, 6.45) is 4.72. The predicted molar refractivity (Wildman–Crippen MR) is 103 cm³/mol. The van der Waals surface area contributed by atoms with Crippen LogP contribution in [0.15, 0.2) is 30.5 Å². The molecule has 25 heavy (non-hydrogen) atoms. The van der Waals surface area contributed by atoms with Gasteiger partial charge in [-0.1, -0.05) is 11.6 Å². The van der Waals surface area contributed by atoms with Gasteiger partial charge in [-0.25, -0.2) is 0 Å². The molecule has 0 N–H and O–H groups in total. The molecule has 4 saturated heterocycles. The van der Waals surface area contributed by atoms with Crippen LogP contribution in [0.25, 0.3) is 10.9 Å². The molecule has 5 heterocycles. The van der Waals surface area contributed by atoms with Crippen LogP contribution in [0.4, 0.5) is 5.69 Å². The first-order chi connectivity index (χ1) is 12.3. The van der Waals surface area contributed by atoms with Gasteiger partial charge in [-0.15, -0.1) is 0 Å². The van der Waals surface area contributed by atoms with Gasteiger partial charge in [-0.2, -0.15) is 0 Å². The average molecular weight is 357 g/mol. The van der Waals surface area contributed by atoms with E-state index in [1.807, 2.05) is 18.3 Å². The summed E-state index contributed by atoms with van der Waals surface area (Å²) in [4.78, 5) is 12.4. The number of piperidine rings is 3. The third-order valence-electron chi connectivity index (χ3n) is 6.43. The van der Waals surface area contributed by atoms with Crippen molar-refractivity contribution in [1.29, 1.82) is 0 Å². The minimum atomic E-state index is 0.754. The molecular weight excluding hydrogens is 332 g/mol. The number of pyridine rings is 1. The van der Waals surface area contributed by atoms with E-state index in [2.05, 4.69) is 31.8 Å². The number of piperazine rings is 1. The summed E-state index contributed by atoms with van der Waals surface area (Å²) in [7, 11) is 0. The second-order valence-electron chi connectivity index (χ2n) is 7.72. The summed E-state index contributed by atoms with van der Waals surface area (Å²) < 4.78 is 0.